The van der Waals surface area contributed by atoms with Gasteiger partial charge in [-0.05, 0) is 15.2 Å². The van der Waals surface area contributed by atoms with Gasteiger partial charge in [0.25, 0.3) is 0 Å². The number of rotatable bonds is 3. The number of methoxy groups -OCH3 is 1. The predicted octanol–water partition coefficient (Wildman–Crippen LogP) is 4.35. The standard InChI is InChI=1S/C12H14ClIO/c1-3-4-9-7-11(15-2)8-10(5-6-14)12(9)13/h3-6,11H,1,7-8H2,2H3/b6-5+,9-4+. The SMILES string of the molecule is C=C/C=C1\CC(OC)CC(/C=C/I)=C1Cl. The van der Waals surface area contributed by atoms with E-state index in [0.29, 0.717) is 0 Å². The Morgan fingerprint density at radius 1 is 1.53 bits per heavy atom. The molecule has 0 aromatic heterocycles. The van der Waals surface area contributed by atoms with Crippen molar-refractivity contribution in [3.63, 3.8) is 0 Å². The lowest BCUT2D eigenvalue weighted by atomic mass is 9.92. The fourth-order valence-electron chi connectivity index (χ4n) is 1.62. The van der Waals surface area contributed by atoms with E-state index in [1.807, 2.05) is 16.2 Å². The minimum absolute atomic E-state index is 0.223. The van der Waals surface area contributed by atoms with Crippen LogP contribution in [0.25, 0.3) is 0 Å². The third kappa shape index (κ3) is 3.47. The van der Waals surface area contributed by atoms with Gasteiger partial charge in [0.1, 0.15) is 0 Å². The molecule has 1 aliphatic rings. The summed E-state index contributed by atoms with van der Waals surface area (Å²) in [4.78, 5) is 0. The Morgan fingerprint density at radius 2 is 2.27 bits per heavy atom. The summed E-state index contributed by atoms with van der Waals surface area (Å²) >= 11 is 8.48. The molecule has 1 nitrogen and oxygen atoms in total. The monoisotopic (exact) mass is 336 g/mol. The van der Waals surface area contributed by atoms with Crippen molar-refractivity contribution in [2.75, 3.05) is 7.11 Å². The molecule has 1 atom stereocenters. The first-order valence-corrected chi connectivity index (χ1v) is 6.35. The number of allylic oxidation sites excluding steroid dienone is 4. The van der Waals surface area contributed by atoms with Crippen LogP contribution in [-0.4, -0.2) is 13.2 Å². The highest BCUT2D eigenvalue weighted by molar-refractivity contribution is 14.1. The van der Waals surface area contributed by atoms with Crippen LogP contribution in [0.4, 0.5) is 0 Å². The van der Waals surface area contributed by atoms with E-state index in [1.165, 1.54) is 0 Å². The maximum Gasteiger partial charge on any atom is 0.0653 e. The smallest absolute Gasteiger partial charge is 0.0653 e. The number of hydrogen-bond acceptors (Lipinski definition) is 1. The molecule has 0 amide bonds. The van der Waals surface area contributed by atoms with Gasteiger partial charge in [-0.15, -0.1) is 0 Å². The van der Waals surface area contributed by atoms with Crippen LogP contribution in [0.5, 0.6) is 0 Å². The molecule has 0 fully saturated rings. The van der Waals surface area contributed by atoms with E-state index >= 15 is 0 Å². The van der Waals surface area contributed by atoms with Gasteiger partial charge in [-0.25, -0.2) is 0 Å². The Morgan fingerprint density at radius 3 is 2.80 bits per heavy atom. The first-order valence-electron chi connectivity index (χ1n) is 4.73. The predicted molar refractivity (Wildman–Crippen MR) is 74.4 cm³/mol. The Hall–Kier alpha value is -0.0600. The molecule has 1 unspecified atom stereocenters. The summed E-state index contributed by atoms with van der Waals surface area (Å²) in [5.74, 6) is 0. The van der Waals surface area contributed by atoms with Crippen molar-refractivity contribution < 1.29 is 4.74 Å². The fourth-order valence-corrected chi connectivity index (χ4v) is 2.33. The van der Waals surface area contributed by atoms with E-state index < -0.39 is 0 Å². The van der Waals surface area contributed by atoms with Gasteiger partial charge in [0.2, 0.25) is 0 Å². The Kier molecular flexibility index (Phi) is 5.64. The molecule has 0 aromatic rings. The van der Waals surface area contributed by atoms with E-state index in [9.17, 15) is 0 Å². The van der Waals surface area contributed by atoms with E-state index in [4.69, 9.17) is 16.3 Å². The minimum atomic E-state index is 0.223. The zero-order valence-electron chi connectivity index (χ0n) is 8.67. The molecule has 0 aliphatic heterocycles. The molecule has 0 spiro atoms. The van der Waals surface area contributed by atoms with E-state index in [-0.39, 0.29) is 6.10 Å². The lowest BCUT2D eigenvalue weighted by Crippen LogP contribution is -2.17. The molecule has 82 valence electrons. The minimum Gasteiger partial charge on any atom is -0.381 e. The van der Waals surface area contributed by atoms with Crippen molar-refractivity contribution in [3.8, 4) is 0 Å². The van der Waals surface area contributed by atoms with E-state index in [0.717, 1.165) is 29.0 Å². The van der Waals surface area contributed by atoms with Crippen molar-refractivity contribution in [2.24, 2.45) is 0 Å². The van der Waals surface area contributed by atoms with Gasteiger partial charge in [-0.2, -0.15) is 0 Å². The van der Waals surface area contributed by atoms with Crippen LogP contribution >= 0.6 is 34.2 Å². The van der Waals surface area contributed by atoms with Crippen LogP contribution in [0.2, 0.25) is 0 Å². The van der Waals surface area contributed by atoms with Gasteiger partial charge in [0.05, 0.1) is 6.10 Å². The van der Waals surface area contributed by atoms with Gasteiger partial charge in [-0.3, -0.25) is 0 Å². The van der Waals surface area contributed by atoms with Crippen LogP contribution in [0.3, 0.4) is 0 Å². The summed E-state index contributed by atoms with van der Waals surface area (Å²) in [5, 5.41) is 0.844. The highest BCUT2D eigenvalue weighted by atomic mass is 127. The van der Waals surface area contributed by atoms with E-state index in [1.54, 1.807) is 13.2 Å². The average Bonchev–Trinajstić information content (AvgIpc) is 2.24. The third-order valence-electron chi connectivity index (χ3n) is 2.38. The summed E-state index contributed by atoms with van der Waals surface area (Å²) in [7, 11) is 1.74. The maximum absolute atomic E-state index is 6.28. The highest BCUT2D eigenvalue weighted by Crippen LogP contribution is 2.34. The lowest BCUT2D eigenvalue weighted by molar-refractivity contribution is 0.102. The highest BCUT2D eigenvalue weighted by Gasteiger charge is 2.21. The first kappa shape index (κ1) is 13.0. The molecule has 3 heteroatoms. The average molecular weight is 337 g/mol. The van der Waals surface area contributed by atoms with Crippen LogP contribution in [0.15, 0.2) is 45.1 Å². The molecule has 0 saturated heterocycles. The molecule has 0 N–H and O–H groups in total. The molecule has 0 bridgehead atoms. The Balaban J connectivity index is 3.04. The van der Waals surface area contributed by atoms with Crippen LogP contribution in [0.1, 0.15) is 12.8 Å². The molecular weight excluding hydrogens is 322 g/mol. The topological polar surface area (TPSA) is 9.23 Å². The van der Waals surface area contributed by atoms with Gasteiger partial charge in [-0.1, -0.05) is 59.0 Å². The molecule has 0 aromatic carbocycles. The molecule has 0 radical (unpaired) electrons. The fraction of sp³-hybridized carbons (Fsp3) is 0.333. The Labute approximate surface area is 110 Å². The van der Waals surface area contributed by atoms with Crippen molar-refractivity contribution in [3.05, 3.63) is 45.1 Å². The zero-order chi connectivity index (χ0) is 11.3. The van der Waals surface area contributed by atoms with Crippen LogP contribution in [-0.2, 0) is 4.74 Å². The van der Waals surface area contributed by atoms with Crippen molar-refractivity contribution in [2.45, 2.75) is 18.9 Å². The summed E-state index contributed by atoms with van der Waals surface area (Å²) in [6, 6.07) is 0. The zero-order valence-corrected chi connectivity index (χ0v) is 11.6. The van der Waals surface area contributed by atoms with Crippen molar-refractivity contribution >= 4 is 34.2 Å². The van der Waals surface area contributed by atoms with Crippen LogP contribution in [0, 0.1) is 0 Å². The van der Waals surface area contributed by atoms with Gasteiger partial charge < -0.3 is 4.74 Å². The second kappa shape index (κ2) is 6.51. The lowest BCUT2D eigenvalue weighted by Gasteiger charge is -2.24. The summed E-state index contributed by atoms with van der Waals surface area (Å²) in [5.41, 5.74) is 2.24. The van der Waals surface area contributed by atoms with Gasteiger partial charge >= 0.3 is 0 Å². The normalized spacial score (nSPS) is 25.3. The van der Waals surface area contributed by atoms with Gasteiger partial charge in [0.15, 0.2) is 0 Å². The Bertz CT molecular complexity index is 329. The maximum atomic E-state index is 6.28. The molecule has 1 rings (SSSR count). The third-order valence-corrected chi connectivity index (χ3v) is 3.22. The molecule has 0 heterocycles. The molecular formula is C12H14ClIO. The summed E-state index contributed by atoms with van der Waals surface area (Å²) < 4.78 is 7.36. The van der Waals surface area contributed by atoms with Crippen molar-refractivity contribution in [1.82, 2.24) is 0 Å². The number of halogens is 2. The number of hydrogen-bond donors (Lipinski definition) is 0. The quantitative estimate of drug-likeness (QED) is 0.696. The van der Waals surface area contributed by atoms with E-state index in [2.05, 4.69) is 29.2 Å². The number of ether oxygens (including phenoxy) is 1. The summed E-state index contributed by atoms with van der Waals surface area (Å²) in [6.45, 7) is 3.69. The largest absolute Gasteiger partial charge is 0.381 e. The molecule has 0 saturated carbocycles. The second-order valence-electron chi connectivity index (χ2n) is 3.33. The van der Waals surface area contributed by atoms with Crippen LogP contribution < -0.4 is 0 Å². The first-order chi connectivity index (χ1) is 7.22. The van der Waals surface area contributed by atoms with Crippen molar-refractivity contribution in [1.29, 1.82) is 0 Å². The second-order valence-corrected chi connectivity index (χ2v) is 4.42. The molecule has 1 aliphatic carbocycles. The van der Waals surface area contributed by atoms with Gasteiger partial charge in [0, 0.05) is 25.0 Å². The molecule has 15 heavy (non-hydrogen) atoms. The summed E-state index contributed by atoms with van der Waals surface area (Å²) in [6.07, 6.45) is 7.71.